The van der Waals surface area contributed by atoms with Crippen molar-refractivity contribution >= 4 is 5.91 Å². The highest BCUT2D eigenvalue weighted by atomic mass is 19.1. The number of benzene rings is 1. The molecule has 136 valence electrons. The quantitative estimate of drug-likeness (QED) is 0.799. The molecule has 1 saturated heterocycles. The molecule has 1 aromatic carbocycles. The molecule has 0 bridgehead atoms. The minimum Gasteiger partial charge on any atom is -0.372 e. The molecule has 1 atom stereocenters. The molecular weight excluding hydrogens is 331 g/mol. The van der Waals surface area contributed by atoms with Gasteiger partial charge in [0.2, 0.25) is 5.91 Å². The smallest absolute Gasteiger partial charge is 0.229 e. The standard InChI is InChI=1S/C21H23FN2O2/c22-19-4-2-1-3-17(19)13-21(8-9-21)20(25)24-12-7-18(14-24)26-15-16-5-10-23-11-6-16/h1-6,10-11,18H,7-9,12-15H2. The molecule has 2 fully saturated rings. The van der Waals surface area contributed by atoms with E-state index in [-0.39, 0.29) is 17.8 Å². The highest BCUT2D eigenvalue weighted by Crippen LogP contribution is 2.50. The van der Waals surface area contributed by atoms with Crippen LogP contribution in [0.5, 0.6) is 0 Å². The van der Waals surface area contributed by atoms with Crippen molar-refractivity contribution in [3.05, 3.63) is 65.7 Å². The Labute approximate surface area is 153 Å². The van der Waals surface area contributed by atoms with Crippen molar-refractivity contribution < 1.29 is 13.9 Å². The molecule has 2 heterocycles. The van der Waals surface area contributed by atoms with Gasteiger partial charge in [-0.2, -0.15) is 0 Å². The maximum absolute atomic E-state index is 14.0. The van der Waals surface area contributed by atoms with Gasteiger partial charge in [0.25, 0.3) is 0 Å². The fraction of sp³-hybridized carbons (Fsp3) is 0.429. The van der Waals surface area contributed by atoms with E-state index in [9.17, 15) is 9.18 Å². The SMILES string of the molecule is O=C(N1CCC(OCc2ccncc2)C1)C1(Cc2ccccc2F)CC1. The number of amides is 1. The molecule has 4 nitrogen and oxygen atoms in total. The molecule has 2 aromatic rings. The van der Waals surface area contributed by atoms with Crippen LogP contribution in [0.15, 0.2) is 48.8 Å². The van der Waals surface area contributed by atoms with E-state index in [1.54, 1.807) is 24.5 Å². The zero-order valence-electron chi connectivity index (χ0n) is 14.7. The van der Waals surface area contributed by atoms with Gasteiger partial charge in [-0.3, -0.25) is 9.78 Å². The fourth-order valence-electron chi connectivity index (χ4n) is 3.70. The molecule has 1 aliphatic heterocycles. The van der Waals surface area contributed by atoms with Gasteiger partial charge in [-0.15, -0.1) is 0 Å². The van der Waals surface area contributed by atoms with Crippen molar-refractivity contribution in [1.82, 2.24) is 9.88 Å². The Hall–Kier alpha value is -2.27. The zero-order chi connectivity index (χ0) is 18.0. The average Bonchev–Trinajstić information content (AvgIpc) is 3.30. The first-order chi connectivity index (χ1) is 12.7. The predicted octanol–water partition coefficient (Wildman–Crippen LogP) is 3.36. The lowest BCUT2D eigenvalue weighted by Crippen LogP contribution is -2.37. The minimum absolute atomic E-state index is 0.0661. The Morgan fingerprint density at radius 1 is 1.23 bits per heavy atom. The highest BCUT2D eigenvalue weighted by molar-refractivity contribution is 5.86. The second kappa shape index (κ2) is 7.16. The molecule has 1 aliphatic carbocycles. The molecule has 0 radical (unpaired) electrons. The Bertz CT molecular complexity index is 777. The molecule has 1 amide bonds. The molecule has 4 rings (SSSR count). The number of hydrogen-bond donors (Lipinski definition) is 0. The molecule has 26 heavy (non-hydrogen) atoms. The maximum atomic E-state index is 14.0. The van der Waals surface area contributed by atoms with E-state index in [0.717, 1.165) is 31.4 Å². The van der Waals surface area contributed by atoms with Crippen molar-refractivity contribution in [2.24, 2.45) is 5.41 Å². The number of nitrogens with zero attached hydrogens (tertiary/aromatic N) is 2. The van der Waals surface area contributed by atoms with Crippen LogP contribution in [0.1, 0.15) is 30.4 Å². The first-order valence-corrected chi connectivity index (χ1v) is 9.20. The Morgan fingerprint density at radius 3 is 2.73 bits per heavy atom. The summed E-state index contributed by atoms with van der Waals surface area (Å²) in [7, 11) is 0. The largest absolute Gasteiger partial charge is 0.372 e. The van der Waals surface area contributed by atoms with Gasteiger partial charge in [-0.05, 0) is 55.0 Å². The average molecular weight is 354 g/mol. The van der Waals surface area contributed by atoms with Gasteiger partial charge in [-0.1, -0.05) is 18.2 Å². The number of pyridine rings is 1. The summed E-state index contributed by atoms with van der Waals surface area (Å²) in [5.74, 6) is -0.0534. The van der Waals surface area contributed by atoms with Crippen LogP contribution in [-0.4, -0.2) is 35.0 Å². The topological polar surface area (TPSA) is 42.4 Å². The molecule has 2 aliphatic rings. The van der Waals surface area contributed by atoms with Gasteiger partial charge >= 0.3 is 0 Å². The lowest BCUT2D eigenvalue weighted by atomic mass is 9.94. The number of carbonyl (C=O) groups is 1. The summed E-state index contributed by atoms with van der Waals surface area (Å²) < 4.78 is 19.9. The highest BCUT2D eigenvalue weighted by Gasteiger charge is 2.52. The van der Waals surface area contributed by atoms with Gasteiger partial charge < -0.3 is 9.64 Å². The monoisotopic (exact) mass is 354 g/mol. The van der Waals surface area contributed by atoms with E-state index in [4.69, 9.17) is 4.74 Å². The normalized spacial score (nSPS) is 21.0. The summed E-state index contributed by atoms with van der Waals surface area (Å²) in [6, 6.07) is 10.6. The van der Waals surface area contributed by atoms with Crippen LogP contribution in [0.25, 0.3) is 0 Å². The Balaban J connectivity index is 1.33. The lowest BCUT2D eigenvalue weighted by molar-refractivity contribution is -0.136. The van der Waals surface area contributed by atoms with Gasteiger partial charge in [0.05, 0.1) is 18.1 Å². The van der Waals surface area contributed by atoms with Crippen LogP contribution in [0.2, 0.25) is 0 Å². The van der Waals surface area contributed by atoms with E-state index in [1.165, 1.54) is 6.07 Å². The summed E-state index contributed by atoms with van der Waals surface area (Å²) in [5, 5.41) is 0. The Morgan fingerprint density at radius 2 is 2.00 bits per heavy atom. The number of hydrogen-bond acceptors (Lipinski definition) is 3. The van der Waals surface area contributed by atoms with Crippen LogP contribution in [0, 0.1) is 11.2 Å². The van der Waals surface area contributed by atoms with Crippen molar-refractivity contribution in [3.8, 4) is 0 Å². The number of ether oxygens (including phenoxy) is 1. The minimum atomic E-state index is -0.401. The van der Waals surface area contributed by atoms with E-state index < -0.39 is 5.41 Å². The fourth-order valence-corrected chi connectivity index (χ4v) is 3.70. The van der Waals surface area contributed by atoms with E-state index in [0.29, 0.717) is 25.1 Å². The number of carbonyl (C=O) groups excluding carboxylic acids is 1. The van der Waals surface area contributed by atoms with E-state index >= 15 is 0 Å². The van der Waals surface area contributed by atoms with Crippen molar-refractivity contribution in [1.29, 1.82) is 0 Å². The summed E-state index contributed by atoms with van der Waals surface area (Å²) >= 11 is 0. The van der Waals surface area contributed by atoms with Crippen molar-refractivity contribution in [2.75, 3.05) is 13.1 Å². The first kappa shape index (κ1) is 17.2. The summed E-state index contributed by atoms with van der Waals surface area (Å²) in [4.78, 5) is 18.9. The first-order valence-electron chi connectivity index (χ1n) is 9.20. The lowest BCUT2D eigenvalue weighted by Gasteiger charge is -2.23. The third-order valence-electron chi connectivity index (χ3n) is 5.46. The van der Waals surface area contributed by atoms with Crippen LogP contribution < -0.4 is 0 Å². The van der Waals surface area contributed by atoms with Crippen molar-refractivity contribution in [2.45, 2.75) is 38.4 Å². The van der Waals surface area contributed by atoms with Crippen LogP contribution in [0.3, 0.4) is 0 Å². The van der Waals surface area contributed by atoms with Gasteiger partial charge in [0, 0.05) is 25.5 Å². The summed E-state index contributed by atoms with van der Waals surface area (Å²) in [5.41, 5.74) is 1.33. The zero-order valence-corrected chi connectivity index (χ0v) is 14.7. The molecule has 1 unspecified atom stereocenters. The third kappa shape index (κ3) is 3.63. The van der Waals surface area contributed by atoms with Crippen molar-refractivity contribution in [3.63, 3.8) is 0 Å². The van der Waals surface area contributed by atoms with E-state index in [1.807, 2.05) is 23.1 Å². The van der Waals surface area contributed by atoms with Crippen LogP contribution in [0.4, 0.5) is 4.39 Å². The number of aromatic nitrogens is 1. The molecule has 0 N–H and O–H groups in total. The van der Waals surface area contributed by atoms with Gasteiger partial charge in [0.1, 0.15) is 5.82 Å². The number of rotatable bonds is 6. The molecule has 1 saturated carbocycles. The number of halogens is 1. The Kier molecular flexibility index (Phi) is 4.72. The molecule has 0 spiro atoms. The molecule has 5 heteroatoms. The summed E-state index contributed by atoms with van der Waals surface area (Å²) in [6.45, 7) is 1.89. The van der Waals surface area contributed by atoms with Gasteiger partial charge in [-0.25, -0.2) is 4.39 Å². The van der Waals surface area contributed by atoms with E-state index in [2.05, 4.69) is 4.98 Å². The van der Waals surface area contributed by atoms with Gasteiger partial charge in [0.15, 0.2) is 0 Å². The van der Waals surface area contributed by atoms with Crippen LogP contribution >= 0.6 is 0 Å². The number of likely N-dealkylation sites (tertiary alicyclic amines) is 1. The maximum Gasteiger partial charge on any atom is 0.229 e. The molecular formula is C21H23FN2O2. The molecule has 1 aromatic heterocycles. The predicted molar refractivity (Wildman–Crippen MR) is 95.8 cm³/mol. The second-order valence-electron chi connectivity index (χ2n) is 7.38. The second-order valence-corrected chi connectivity index (χ2v) is 7.38. The van der Waals surface area contributed by atoms with Crippen LogP contribution in [-0.2, 0) is 22.6 Å². The third-order valence-corrected chi connectivity index (χ3v) is 5.46. The summed E-state index contributed by atoms with van der Waals surface area (Å²) in [6.07, 6.45) is 6.62.